The number of H-pyrrole nitrogens is 1. The minimum atomic E-state index is 1.03. The van der Waals surface area contributed by atoms with Crippen LogP contribution in [0, 0.1) is 5.75 Å². The molecule has 0 saturated carbocycles. The van der Waals surface area contributed by atoms with Gasteiger partial charge in [0.05, 0.1) is 17.4 Å². The Balaban J connectivity index is 1.95. The van der Waals surface area contributed by atoms with Crippen LogP contribution in [-0.2, 0) is 0 Å². The molecule has 1 N–H and O–H groups in total. The van der Waals surface area contributed by atoms with Gasteiger partial charge in [-0.25, -0.2) is 4.98 Å². The number of hydrogen-bond acceptors (Lipinski definition) is 3. The van der Waals surface area contributed by atoms with Gasteiger partial charge in [0.1, 0.15) is 0 Å². The van der Waals surface area contributed by atoms with E-state index in [0.29, 0.717) is 0 Å². The molecule has 0 bridgehead atoms. The van der Waals surface area contributed by atoms with Gasteiger partial charge in [-0.05, 0) is 18.2 Å². The number of nitrogens with one attached hydrogen (secondary N) is 1. The van der Waals surface area contributed by atoms with Gasteiger partial charge in [0.25, 0.3) is 0 Å². The lowest BCUT2D eigenvalue weighted by atomic mass is 10.2. The molecule has 1 aliphatic heterocycles. The number of benzene rings is 1. The lowest BCUT2D eigenvalue weighted by Gasteiger charge is -2.28. The van der Waals surface area contributed by atoms with Gasteiger partial charge in [-0.1, -0.05) is 0 Å². The standard InChI is InChI=1S/C11H12N3S/c1-2-10-11(13-8-12-10)7-9(1)14-3-5-15-6-4-14/h1-2,5,7-8H,3-4,6H2,(H,12,13). The molecule has 1 saturated heterocycles. The van der Waals surface area contributed by atoms with Crippen LogP contribution in [0.15, 0.2) is 24.5 Å². The number of imidazole rings is 1. The Bertz CT molecular complexity index is 460. The Morgan fingerprint density at radius 2 is 2.40 bits per heavy atom. The molecule has 3 rings (SSSR count). The number of nitrogens with zero attached hydrogens (tertiary/aromatic N) is 2. The Morgan fingerprint density at radius 3 is 3.27 bits per heavy atom. The van der Waals surface area contributed by atoms with Gasteiger partial charge in [0.2, 0.25) is 0 Å². The maximum Gasteiger partial charge on any atom is 0.0931 e. The third kappa shape index (κ3) is 1.69. The van der Waals surface area contributed by atoms with Gasteiger partial charge >= 0.3 is 0 Å². The molecule has 15 heavy (non-hydrogen) atoms. The summed E-state index contributed by atoms with van der Waals surface area (Å²) in [6, 6.07) is 6.40. The summed E-state index contributed by atoms with van der Waals surface area (Å²) >= 11 is 1.91. The van der Waals surface area contributed by atoms with Crippen LogP contribution in [-0.4, -0.2) is 28.8 Å². The van der Waals surface area contributed by atoms with E-state index in [4.69, 9.17) is 0 Å². The van der Waals surface area contributed by atoms with Gasteiger partial charge in [0, 0.05) is 30.3 Å². The molecule has 1 aromatic heterocycles. The van der Waals surface area contributed by atoms with E-state index in [1.807, 2.05) is 11.8 Å². The van der Waals surface area contributed by atoms with Crippen LogP contribution in [0.1, 0.15) is 0 Å². The molecule has 1 aliphatic rings. The molecular weight excluding hydrogens is 206 g/mol. The van der Waals surface area contributed by atoms with Crippen molar-refractivity contribution < 1.29 is 0 Å². The highest BCUT2D eigenvalue weighted by Crippen LogP contribution is 2.24. The molecule has 0 atom stereocenters. The van der Waals surface area contributed by atoms with E-state index in [0.717, 1.165) is 24.1 Å². The largest absolute Gasteiger partial charge is 0.369 e. The van der Waals surface area contributed by atoms with Gasteiger partial charge in [-0.2, -0.15) is 11.8 Å². The number of aromatic amines is 1. The molecule has 0 aliphatic carbocycles. The van der Waals surface area contributed by atoms with E-state index in [1.165, 1.54) is 11.4 Å². The number of aromatic nitrogens is 2. The van der Waals surface area contributed by atoms with Crippen LogP contribution in [0.25, 0.3) is 11.0 Å². The molecule has 2 heterocycles. The number of rotatable bonds is 1. The van der Waals surface area contributed by atoms with E-state index in [9.17, 15) is 0 Å². The van der Waals surface area contributed by atoms with Gasteiger partial charge in [0.15, 0.2) is 0 Å². The van der Waals surface area contributed by atoms with E-state index in [-0.39, 0.29) is 0 Å². The van der Waals surface area contributed by atoms with Crippen LogP contribution < -0.4 is 4.90 Å². The summed E-state index contributed by atoms with van der Waals surface area (Å²) in [6.07, 6.45) is 1.74. The highest BCUT2D eigenvalue weighted by molar-refractivity contribution is 8.01. The van der Waals surface area contributed by atoms with E-state index >= 15 is 0 Å². The van der Waals surface area contributed by atoms with Crippen LogP contribution >= 0.6 is 11.8 Å². The zero-order valence-corrected chi connectivity index (χ0v) is 9.13. The van der Waals surface area contributed by atoms with Crippen molar-refractivity contribution in [3.8, 4) is 0 Å². The SMILES string of the molecule is [CH]1CN(c2ccc3[nH]cnc3c2)CCS1. The second-order valence-corrected chi connectivity index (χ2v) is 4.66. The van der Waals surface area contributed by atoms with Crippen molar-refractivity contribution in [2.75, 3.05) is 23.7 Å². The van der Waals surface area contributed by atoms with Crippen molar-refractivity contribution in [2.24, 2.45) is 0 Å². The van der Waals surface area contributed by atoms with Gasteiger partial charge < -0.3 is 9.88 Å². The van der Waals surface area contributed by atoms with Crippen LogP contribution in [0.2, 0.25) is 0 Å². The lowest BCUT2D eigenvalue weighted by molar-refractivity contribution is 0.890. The highest BCUT2D eigenvalue weighted by Gasteiger charge is 2.11. The van der Waals surface area contributed by atoms with Gasteiger partial charge in [-0.3, -0.25) is 0 Å². The highest BCUT2D eigenvalue weighted by atomic mass is 32.2. The number of hydrogen-bond donors (Lipinski definition) is 1. The van der Waals surface area contributed by atoms with Crippen LogP contribution in [0.5, 0.6) is 0 Å². The smallest absolute Gasteiger partial charge is 0.0931 e. The first-order chi connectivity index (χ1) is 7.43. The van der Waals surface area contributed by atoms with Crippen molar-refractivity contribution in [2.45, 2.75) is 0 Å². The summed E-state index contributed by atoms with van der Waals surface area (Å²) in [5.41, 5.74) is 3.42. The number of anilines is 1. The molecule has 0 amide bonds. The number of fused-ring (bicyclic) bond motifs is 1. The number of thioether (sulfide) groups is 1. The predicted molar refractivity (Wildman–Crippen MR) is 65.1 cm³/mol. The van der Waals surface area contributed by atoms with Crippen molar-refractivity contribution in [1.82, 2.24) is 9.97 Å². The molecule has 1 aromatic carbocycles. The zero-order valence-electron chi connectivity index (χ0n) is 8.31. The molecular formula is C11H12N3S. The summed E-state index contributed by atoms with van der Waals surface area (Å²) in [5.74, 6) is 3.44. The first-order valence-electron chi connectivity index (χ1n) is 5.05. The van der Waals surface area contributed by atoms with Crippen molar-refractivity contribution in [1.29, 1.82) is 0 Å². The monoisotopic (exact) mass is 218 g/mol. The van der Waals surface area contributed by atoms with Crippen molar-refractivity contribution >= 4 is 28.5 Å². The van der Waals surface area contributed by atoms with Crippen molar-refractivity contribution in [3.63, 3.8) is 0 Å². The second-order valence-electron chi connectivity index (χ2n) is 3.59. The minimum Gasteiger partial charge on any atom is -0.369 e. The zero-order chi connectivity index (χ0) is 10.1. The molecule has 77 valence electrons. The Morgan fingerprint density at radius 1 is 1.40 bits per heavy atom. The average molecular weight is 218 g/mol. The second kappa shape index (κ2) is 3.77. The molecule has 1 fully saturated rings. The molecule has 2 aromatic rings. The third-order valence-electron chi connectivity index (χ3n) is 2.66. The van der Waals surface area contributed by atoms with E-state index < -0.39 is 0 Å². The van der Waals surface area contributed by atoms with Crippen LogP contribution in [0.3, 0.4) is 0 Å². The molecule has 0 spiro atoms. The lowest BCUT2D eigenvalue weighted by Crippen LogP contribution is -2.30. The molecule has 3 nitrogen and oxygen atoms in total. The fourth-order valence-electron chi connectivity index (χ4n) is 1.83. The summed E-state index contributed by atoms with van der Waals surface area (Å²) in [5, 5.41) is 0. The maximum absolute atomic E-state index is 4.28. The quantitative estimate of drug-likeness (QED) is 0.797. The molecule has 1 radical (unpaired) electrons. The van der Waals surface area contributed by atoms with Crippen LogP contribution in [0.4, 0.5) is 5.69 Å². The fraction of sp³-hybridized carbons (Fsp3) is 0.273. The summed E-state index contributed by atoms with van der Waals surface area (Å²) < 4.78 is 0. The Labute approximate surface area is 92.9 Å². The Hall–Kier alpha value is -1.16. The fourth-order valence-corrected chi connectivity index (χ4v) is 2.61. The first kappa shape index (κ1) is 9.09. The van der Waals surface area contributed by atoms with Crippen molar-refractivity contribution in [3.05, 3.63) is 30.3 Å². The summed E-state index contributed by atoms with van der Waals surface area (Å²) in [4.78, 5) is 9.76. The summed E-state index contributed by atoms with van der Waals surface area (Å²) in [7, 11) is 0. The predicted octanol–water partition coefficient (Wildman–Crippen LogP) is 2.28. The van der Waals surface area contributed by atoms with E-state index in [1.54, 1.807) is 6.33 Å². The Kier molecular flexibility index (Phi) is 2.29. The minimum absolute atomic E-state index is 1.03. The van der Waals surface area contributed by atoms with E-state index in [2.05, 4.69) is 38.8 Å². The normalized spacial score (nSPS) is 17.2. The first-order valence-corrected chi connectivity index (χ1v) is 6.10. The molecule has 0 unspecified atom stereocenters. The third-order valence-corrected chi connectivity index (χ3v) is 3.47. The van der Waals surface area contributed by atoms with Gasteiger partial charge in [-0.15, -0.1) is 0 Å². The maximum atomic E-state index is 4.28. The average Bonchev–Trinajstić information content (AvgIpc) is 2.77. The molecule has 4 heteroatoms. The summed E-state index contributed by atoms with van der Waals surface area (Å²) in [6.45, 7) is 2.15. The topological polar surface area (TPSA) is 31.9 Å².